The Morgan fingerprint density at radius 2 is 1.70 bits per heavy atom. The fourth-order valence-electron chi connectivity index (χ4n) is 3.72. The molecule has 1 aromatic carbocycles. The van der Waals surface area contributed by atoms with Crippen molar-refractivity contribution in [3.8, 4) is 0 Å². The highest BCUT2D eigenvalue weighted by molar-refractivity contribution is 7.89. The molecule has 0 bridgehead atoms. The number of anilines is 1. The summed E-state index contributed by atoms with van der Waals surface area (Å²) in [5.74, 6) is 0.558. The number of likely N-dealkylation sites (N-methyl/N-ethyl adjacent to an activating group) is 1. The minimum absolute atomic E-state index is 0.0230. The van der Waals surface area contributed by atoms with E-state index in [1.807, 2.05) is 0 Å². The van der Waals surface area contributed by atoms with Gasteiger partial charge in [0.1, 0.15) is 26.2 Å². The summed E-state index contributed by atoms with van der Waals surface area (Å²) in [6, 6.07) is 6.55. The number of benzene rings is 1. The molecule has 2 saturated heterocycles. The number of piperidine rings is 1. The lowest BCUT2D eigenvalue weighted by molar-refractivity contribution is -0.999. The molecule has 0 atom stereocenters. The first kappa shape index (κ1) is 20.3. The van der Waals surface area contributed by atoms with Crippen molar-refractivity contribution < 1.29 is 23.0 Å². The number of carbonyl (C=O) groups is 1. The van der Waals surface area contributed by atoms with Crippen LogP contribution in [0.5, 0.6) is 0 Å². The molecule has 0 unspecified atom stereocenters. The normalized spacial score (nSPS) is 25.3. The molecular weight excluding hydrogens is 364 g/mol. The Labute approximate surface area is 162 Å². The third-order valence-electron chi connectivity index (χ3n) is 5.74. The third kappa shape index (κ3) is 5.28. The number of sulfonamides is 1. The van der Waals surface area contributed by atoms with E-state index in [0.717, 1.165) is 39.0 Å². The van der Waals surface area contributed by atoms with Gasteiger partial charge in [0.25, 0.3) is 5.91 Å². The average Bonchev–Trinajstić information content (AvgIpc) is 2.64. The van der Waals surface area contributed by atoms with Gasteiger partial charge in [-0.25, -0.2) is 8.42 Å². The highest BCUT2D eigenvalue weighted by Crippen LogP contribution is 2.24. The van der Waals surface area contributed by atoms with Crippen LogP contribution in [-0.4, -0.2) is 71.5 Å². The molecule has 0 radical (unpaired) electrons. The number of hydrogen-bond donors (Lipinski definition) is 3. The summed E-state index contributed by atoms with van der Waals surface area (Å²) >= 11 is 0. The van der Waals surface area contributed by atoms with Gasteiger partial charge in [-0.3, -0.25) is 4.79 Å². The lowest BCUT2D eigenvalue weighted by atomic mass is 10.0. The maximum atomic E-state index is 12.7. The van der Waals surface area contributed by atoms with Gasteiger partial charge in [0.2, 0.25) is 10.0 Å². The van der Waals surface area contributed by atoms with Crippen LogP contribution in [0.4, 0.5) is 5.69 Å². The molecule has 0 saturated carbocycles. The Balaban J connectivity index is 1.56. The second kappa shape index (κ2) is 8.68. The van der Waals surface area contributed by atoms with Crippen LogP contribution in [0.1, 0.15) is 19.8 Å². The molecule has 8 heteroatoms. The van der Waals surface area contributed by atoms with Gasteiger partial charge in [-0.05, 0) is 43.0 Å². The topological polar surface area (TPSA) is 75.4 Å². The molecule has 3 N–H and O–H groups in total. The first-order valence-corrected chi connectivity index (χ1v) is 11.3. The van der Waals surface area contributed by atoms with Crippen molar-refractivity contribution in [1.82, 2.24) is 4.31 Å². The van der Waals surface area contributed by atoms with E-state index in [1.54, 1.807) is 28.6 Å². The SMILES string of the molecule is CC1CCN(S(=O)(=O)c2ccc(NC(=O)C[NH+]3CC[NH+](C)CC3)cc2)CC1. The highest BCUT2D eigenvalue weighted by Gasteiger charge is 2.28. The summed E-state index contributed by atoms with van der Waals surface area (Å²) in [6.45, 7) is 7.96. The molecule has 2 heterocycles. The van der Waals surface area contributed by atoms with Crippen molar-refractivity contribution >= 4 is 21.6 Å². The van der Waals surface area contributed by atoms with E-state index < -0.39 is 10.0 Å². The van der Waals surface area contributed by atoms with Gasteiger partial charge in [0.15, 0.2) is 6.54 Å². The van der Waals surface area contributed by atoms with E-state index >= 15 is 0 Å². The van der Waals surface area contributed by atoms with E-state index in [-0.39, 0.29) is 5.91 Å². The van der Waals surface area contributed by atoms with Crippen molar-refractivity contribution in [3.05, 3.63) is 24.3 Å². The number of nitrogens with zero attached hydrogens (tertiary/aromatic N) is 1. The lowest BCUT2D eigenvalue weighted by Gasteiger charge is -2.29. The van der Waals surface area contributed by atoms with E-state index in [0.29, 0.717) is 36.1 Å². The summed E-state index contributed by atoms with van der Waals surface area (Å²) < 4.78 is 27.1. The van der Waals surface area contributed by atoms with Crippen LogP contribution in [0.25, 0.3) is 0 Å². The first-order chi connectivity index (χ1) is 12.8. The van der Waals surface area contributed by atoms with Crippen LogP contribution in [-0.2, 0) is 14.8 Å². The second-order valence-electron chi connectivity index (χ2n) is 8.04. The van der Waals surface area contributed by atoms with Crippen molar-refractivity contribution in [1.29, 1.82) is 0 Å². The van der Waals surface area contributed by atoms with E-state index in [4.69, 9.17) is 0 Å². The number of nitrogens with one attached hydrogen (secondary N) is 3. The fraction of sp³-hybridized carbons (Fsp3) is 0.632. The Bertz CT molecular complexity index is 735. The molecule has 27 heavy (non-hydrogen) atoms. The van der Waals surface area contributed by atoms with Gasteiger partial charge in [-0.2, -0.15) is 4.31 Å². The van der Waals surface area contributed by atoms with Gasteiger partial charge in [-0.15, -0.1) is 0 Å². The molecule has 0 spiro atoms. The smallest absolute Gasteiger partial charge is 0.279 e. The molecule has 1 amide bonds. The molecule has 0 aliphatic carbocycles. The number of rotatable bonds is 5. The van der Waals surface area contributed by atoms with E-state index in [1.165, 1.54) is 9.80 Å². The molecule has 3 rings (SSSR count). The second-order valence-corrected chi connectivity index (χ2v) is 9.98. The van der Waals surface area contributed by atoms with Crippen LogP contribution in [0.2, 0.25) is 0 Å². The molecule has 2 aliphatic rings. The summed E-state index contributed by atoms with van der Waals surface area (Å²) in [4.78, 5) is 15.4. The predicted molar refractivity (Wildman–Crippen MR) is 104 cm³/mol. The van der Waals surface area contributed by atoms with Crippen LogP contribution in [0, 0.1) is 5.92 Å². The first-order valence-electron chi connectivity index (χ1n) is 9.89. The zero-order valence-corrected chi connectivity index (χ0v) is 17.1. The standard InChI is InChI=1S/C19H30N4O3S/c1-16-7-9-23(10-8-16)27(25,26)18-5-3-17(4-6-18)20-19(24)15-22-13-11-21(2)12-14-22/h3-6,16H,7-15H2,1-2H3,(H,20,24)/p+2. The zero-order chi connectivity index (χ0) is 19.4. The maximum absolute atomic E-state index is 12.7. The number of hydrogen-bond acceptors (Lipinski definition) is 3. The number of quaternary nitrogens is 2. The van der Waals surface area contributed by atoms with Crippen molar-refractivity contribution in [3.63, 3.8) is 0 Å². The Morgan fingerprint density at radius 3 is 2.30 bits per heavy atom. The zero-order valence-electron chi connectivity index (χ0n) is 16.3. The molecule has 150 valence electrons. The molecular formula is C19H32N4O3S+2. The van der Waals surface area contributed by atoms with Gasteiger partial charge in [0.05, 0.1) is 11.9 Å². The average molecular weight is 397 g/mol. The largest absolute Gasteiger partial charge is 0.328 e. The Morgan fingerprint density at radius 1 is 1.11 bits per heavy atom. The molecule has 2 aliphatic heterocycles. The summed E-state index contributed by atoms with van der Waals surface area (Å²) in [5, 5.41) is 2.89. The van der Waals surface area contributed by atoms with Gasteiger partial charge in [-0.1, -0.05) is 6.92 Å². The van der Waals surface area contributed by atoms with Crippen LogP contribution in [0.15, 0.2) is 29.2 Å². The summed E-state index contributed by atoms with van der Waals surface area (Å²) in [7, 11) is -1.27. The molecule has 2 fully saturated rings. The van der Waals surface area contributed by atoms with Crippen molar-refractivity contribution in [2.45, 2.75) is 24.7 Å². The number of amides is 1. The van der Waals surface area contributed by atoms with Crippen LogP contribution in [0.3, 0.4) is 0 Å². The molecule has 0 aromatic heterocycles. The van der Waals surface area contributed by atoms with E-state index in [9.17, 15) is 13.2 Å². The van der Waals surface area contributed by atoms with Crippen LogP contribution >= 0.6 is 0 Å². The van der Waals surface area contributed by atoms with Gasteiger partial charge in [0, 0.05) is 18.8 Å². The van der Waals surface area contributed by atoms with E-state index in [2.05, 4.69) is 19.3 Å². The Hall–Kier alpha value is -1.48. The molecule has 1 aromatic rings. The molecule has 7 nitrogen and oxygen atoms in total. The van der Waals surface area contributed by atoms with Gasteiger partial charge < -0.3 is 15.1 Å². The predicted octanol–water partition coefficient (Wildman–Crippen LogP) is -1.54. The maximum Gasteiger partial charge on any atom is 0.279 e. The van der Waals surface area contributed by atoms with Crippen molar-refractivity contribution in [2.24, 2.45) is 5.92 Å². The monoisotopic (exact) mass is 396 g/mol. The minimum atomic E-state index is -3.44. The van der Waals surface area contributed by atoms with Crippen molar-refractivity contribution in [2.75, 3.05) is 58.2 Å². The highest BCUT2D eigenvalue weighted by atomic mass is 32.2. The quantitative estimate of drug-likeness (QED) is 0.565. The summed E-state index contributed by atoms with van der Waals surface area (Å²) in [6.07, 6.45) is 1.81. The fourth-order valence-corrected chi connectivity index (χ4v) is 5.19. The minimum Gasteiger partial charge on any atom is -0.328 e. The number of carbonyl (C=O) groups excluding carboxylic acids is 1. The Kier molecular flexibility index (Phi) is 6.52. The van der Waals surface area contributed by atoms with Gasteiger partial charge >= 0.3 is 0 Å². The third-order valence-corrected chi connectivity index (χ3v) is 7.65. The number of piperazine rings is 1. The lowest BCUT2D eigenvalue weighted by Crippen LogP contribution is -3.27. The van der Waals surface area contributed by atoms with Crippen LogP contribution < -0.4 is 15.1 Å². The summed E-state index contributed by atoms with van der Waals surface area (Å²) in [5.41, 5.74) is 0.644.